The van der Waals surface area contributed by atoms with Crippen LogP contribution in [0.2, 0.25) is 0 Å². The second-order valence-corrected chi connectivity index (χ2v) is 5.98. The molecule has 112 valence electrons. The number of hydrogen-bond acceptors (Lipinski definition) is 3. The molecule has 5 nitrogen and oxygen atoms in total. The summed E-state index contributed by atoms with van der Waals surface area (Å²) in [6, 6.07) is -0.477. The lowest BCUT2D eigenvalue weighted by molar-refractivity contribution is -0.142. The predicted molar refractivity (Wildman–Crippen MR) is 77.6 cm³/mol. The summed E-state index contributed by atoms with van der Waals surface area (Å²) in [5, 5.41) is 13.7. The molecule has 0 saturated heterocycles. The molecular formula is C15H25N3O2. The smallest absolute Gasteiger partial charge is 0.320 e. The third-order valence-electron chi connectivity index (χ3n) is 4.37. The van der Waals surface area contributed by atoms with Gasteiger partial charge in [0.2, 0.25) is 0 Å². The minimum atomic E-state index is -0.782. The van der Waals surface area contributed by atoms with E-state index >= 15 is 0 Å². The van der Waals surface area contributed by atoms with Gasteiger partial charge in [0.25, 0.3) is 0 Å². The maximum Gasteiger partial charge on any atom is 0.320 e. The van der Waals surface area contributed by atoms with Crippen molar-refractivity contribution < 1.29 is 9.90 Å². The summed E-state index contributed by atoms with van der Waals surface area (Å²) in [5.41, 5.74) is 2.35. The van der Waals surface area contributed by atoms with E-state index in [-0.39, 0.29) is 0 Å². The van der Waals surface area contributed by atoms with Crippen LogP contribution in [-0.2, 0) is 18.4 Å². The van der Waals surface area contributed by atoms with Crippen molar-refractivity contribution in [1.82, 2.24) is 14.7 Å². The van der Waals surface area contributed by atoms with E-state index < -0.39 is 12.0 Å². The second-order valence-electron chi connectivity index (χ2n) is 5.98. The maximum absolute atomic E-state index is 11.1. The fraction of sp³-hybridized carbons (Fsp3) is 0.733. The van der Waals surface area contributed by atoms with Crippen LogP contribution in [0.25, 0.3) is 0 Å². The Hall–Kier alpha value is -1.36. The highest BCUT2D eigenvalue weighted by atomic mass is 16.4. The van der Waals surface area contributed by atoms with Crippen molar-refractivity contribution in [2.45, 2.75) is 57.5 Å². The third kappa shape index (κ3) is 3.39. The Morgan fingerprint density at radius 1 is 1.50 bits per heavy atom. The number of aliphatic carboxylic acids is 1. The quantitative estimate of drug-likeness (QED) is 0.899. The molecule has 0 spiro atoms. The van der Waals surface area contributed by atoms with Crippen molar-refractivity contribution in [3.05, 3.63) is 17.5 Å². The zero-order valence-corrected chi connectivity index (χ0v) is 12.7. The Kier molecular flexibility index (Phi) is 4.81. The topological polar surface area (TPSA) is 58.4 Å². The minimum Gasteiger partial charge on any atom is -0.480 e. The number of carboxylic acid groups (broad SMARTS) is 1. The second kappa shape index (κ2) is 6.39. The number of likely N-dealkylation sites (N-methyl/N-ethyl adjacent to an activating group) is 1. The van der Waals surface area contributed by atoms with E-state index in [0.29, 0.717) is 12.5 Å². The van der Waals surface area contributed by atoms with Crippen LogP contribution in [0.4, 0.5) is 0 Å². The van der Waals surface area contributed by atoms with E-state index in [2.05, 4.69) is 5.10 Å². The van der Waals surface area contributed by atoms with E-state index in [4.69, 9.17) is 5.11 Å². The molecule has 0 amide bonds. The summed E-state index contributed by atoms with van der Waals surface area (Å²) in [7, 11) is 3.80. The molecule has 2 rings (SSSR count). The summed E-state index contributed by atoms with van der Waals surface area (Å²) in [5.74, 6) is -0.232. The van der Waals surface area contributed by atoms with E-state index in [9.17, 15) is 4.79 Å². The van der Waals surface area contributed by atoms with Crippen LogP contribution in [0, 0.1) is 0 Å². The van der Waals surface area contributed by atoms with Crippen molar-refractivity contribution in [2.75, 3.05) is 7.05 Å². The van der Waals surface area contributed by atoms with Crippen molar-refractivity contribution >= 4 is 5.97 Å². The van der Waals surface area contributed by atoms with Crippen molar-refractivity contribution in [2.24, 2.45) is 7.05 Å². The van der Waals surface area contributed by atoms with Crippen molar-refractivity contribution in [3.63, 3.8) is 0 Å². The summed E-state index contributed by atoms with van der Waals surface area (Å²) >= 11 is 0. The molecule has 1 aliphatic carbocycles. The van der Waals surface area contributed by atoms with Crippen LogP contribution in [-0.4, -0.2) is 38.8 Å². The molecule has 1 aromatic heterocycles. The standard InChI is InChI=1S/C15H25N3O2/c1-11(15(19)20)17(2)9-13-10-18(3)16-14(13)12-7-5-4-6-8-12/h10-12H,4-9H2,1-3H3,(H,19,20). The van der Waals surface area contributed by atoms with Gasteiger partial charge in [-0.2, -0.15) is 5.10 Å². The monoisotopic (exact) mass is 279 g/mol. The first-order chi connectivity index (χ1) is 9.49. The lowest BCUT2D eigenvalue weighted by Gasteiger charge is -2.24. The highest BCUT2D eigenvalue weighted by Gasteiger charge is 2.24. The number of aromatic nitrogens is 2. The Balaban J connectivity index is 2.13. The van der Waals surface area contributed by atoms with Crippen molar-refractivity contribution in [1.29, 1.82) is 0 Å². The van der Waals surface area contributed by atoms with Crippen LogP contribution < -0.4 is 0 Å². The van der Waals surface area contributed by atoms with Crippen LogP contribution in [0.3, 0.4) is 0 Å². The molecule has 1 N–H and O–H groups in total. The highest BCUT2D eigenvalue weighted by Crippen LogP contribution is 2.33. The van der Waals surface area contributed by atoms with Crippen LogP contribution in [0.15, 0.2) is 6.20 Å². The van der Waals surface area contributed by atoms with Gasteiger partial charge in [0.05, 0.1) is 5.69 Å². The summed E-state index contributed by atoms with van der Waals surface area (Å²) in [6.07, 6.45) is 8.35. The Morgan fingerprint density at radius 3 is 2.75 bits per heavy atom. The predicted octanol–water partition coefficient (Wildman–Crippen LogP) is 2.37. The van der Waals surface area contributed by atoms with Gasteiger partial charge in [-0.05, 0) is 26.8 Å². The molecule has 1 unspecified atom stereocenters. The Labute approximate surface area is 120 Å². The maximum atomic E-state index is 11.1. The molecular weight excluding hydrogens is 254 g/mol. The number of carboxylic acids is 1. The molecule has 1 heterocycles. The lowest BCUT2D eigenvalue weighted by Crippen LogP contribution is -2.35. The largest absolute Gasteiger partial charge is 0.480 e. The van der Waals surface area contributed by atoms with Gasteiger partial charge >= 0.3 is 5.97 Å². The average molecular weight is 279 g/mol. The minimum absolute atomic E-state index is 0.477. The first kappa shape index (κ1) is 15.0. The molecule has 1 saturated carbocycles. The van der Waals surface area contributed by atoms with Crippen LogP contribution in [0.5, 0.6) is 0 Å². The van der Waals surface area contributed by atoms with Gasteiger partial charge in [-0.3, -0.25) is 14.4 Å². The third-order valence-corrected chi connectivity index (χ3v) is 4.37. The Bertz CT molecular complexity index is 464. The summed E-state index contributed by atoms with van der Waals surface area (Å²) in [6.45, 7) is 2.37. The van der Waals surface area contributed by atoms with Crippen LogP contribution >= 0.6 is 0 Å². The number of nitrogens with zero attached hydrogens (tertiary/aromatic N) is 3. The van der Waals surface area contributed by atoms with Crippen molar-refractivity contribution in [3.8, 4) is 0 Å². The number of aryl methyl sites for hydroxylation is 1. The number of rotatable bonds is 5. The summed E-state index contributed by atoms with van der Waals surface area (Å²) < 4.78 is 1.86. The highest BCUT2D eigenvalue weighted by molar-refractivity contribution is 5.72. The van der Waals surface area contributed by atoms with E-state index in [1.165, 1.54) is 43.4 Å². The average Bonchev–Trinajstić information content (AvgIpc) is 2.79. The van der Waals surface area contributed by atoms with Gasteiger partial charge in [-0.15, -0.1) is 0 Å². The molecule has 1 aliphatic rings. The van der Waals surface area contributed by atoms with Gasteiger partial charge in [-0.25, -0.2) is 0 Å². The SMILES string of the molecule is CC(C(=O)O)N(C)Cc1cn(C)nc1C1CCCCC1. The first-order valence-corrected chi connectivity index (χ1v) is 7.44. The zero-order valence-electron chi connectivity index (χ0n) is 12.7. The summed E-state index contributed by atoms with van der Waals surface area (Å²) in [4.78, 5) is 12.9. The molecule has 0 aliphatic heterocycles. The molecule has 1 atom stereocenters. The zero-order chi connectivity index (χ0) is 14.7. The van der Waals surface area contributed by atoms with Gasteiger partial charge in [0.1, 0.15) is 6.04 Å². The van der Waals surface area contributed by atoms with Crippen LogP contribution in [0.1, 0.15) is 56.2 Å². The molecule has 0 bridgehead atoms. The fourth-order valence-electron chi connectivity index (χ4n) is 2.99. The fourth-order valence-corrected chi connectivity index (χ4v) is 2.99. The number of hydrogen-bond donors (Lipinski definition) is 1. The van der Waals surface area contributed by atoms with E-state index in [1.54, 1.807) is 6.92 Å². The molecule has 1 aromatic rings. The molecule has 0 radical (unpaired) electrons. The van der Waals surface area contributed by atoms with E-state index in [0.717, 1.165) is 0 Å². The molecule has 20 heavy (non-hydrogen) atoms. The normalized spacial score (nSPS) is 18.4. The van der Waals surface area contributed by atoms with Gasteiger partial charge < -0.3 is 5.11 Å². The molecule has 0 aromatic carbocycles. The number of carbonyl (C=O) groups is 1. The van der Waals surface area contributed by atoms with E-state index in [1.807, 2.05) is 29.9 Å². The Morgan fingerprint density at radius 2 is 2.15 bits per heavy atom. The van der Waals surface area contributed by atoms with Gasteiger partial charge in [0.15, 0.2) is 0 Å². The van der Waals surface area contributed by atoms with Gasteiger partial charge in [0, 0.05) is 31.3 Å². The molecule has 5 heteroatoms. The van der Waals surface area contributed by atoms with Gasteiger partial charge in [-0.1, -0.05) is 19.3 Å². The lowest BCUT2D eigenvalue weighted by atomic mass is 9.85. The first-order valence-electron chi connectivity index (χ1n) is 7.44. The molecule has 1 fully saturated rings.